The molecule has 0 aliphatic carbocycles. The van der Waals surface area contributed by atoms with Gasteiger partial charge in [0, 0.05) is 24.1 Å². The van der Waals surface area contributed by atoms with Crippen LogP contribution >= 0.6 is 0 Å². The molecule has 0 atom stereocenters. The van der Waals surface area contributed by atoms with Gasteiger partial charge in [0.05, 0.1) is 16.2 Å². The highest BCUT2D eigenvalue weighted by Crippen LogP contribution is 2.19. The molecule has 1 aromatic carbocycles. The summed E-state index contributed by atoms with van der Waals surface area (Å²) >= 11 is 0. The number of aromatic carboxylic acids is 1. The lowest BCUT2D eigenvalue weighted by atomic mass is 10.0. The summed E-state index contributed by atoms with van der Waals surface area (Å²) in [5.74, 6) is -2.70. The van der Waals surface area contributed by atoms with Crippen molar-refractivity contribution in [2.75, 3.05) is 5.75 Å². The number of ketones is 1. The minimum absolute atomic E-state index is 0.178. The molecular weight excluding hydrogens is 306 g/mol. The van der Waals surface area contributed by atoms with Crippen molar-refractivity contribution < 1.29 is 32.6 Å². The standard InChI is InChI=1S/C11H11NO8S/c13-10(2-1-3-21(18,19)20)7-4-8(11(14)15)6-9(5-7)12(16)17/h4-6H,1-3H2,(H,14,15)(H,18,19,20). The Bertz CT molecular complexity index is 662. The maximum absolute atomic E-state index is 11.8. The molecule has 21 heavy (non-hydrogen) atoms. The van der Waals surface area contributed by atoms with Crippen LogP contribution in [0.1, 0.15) is 33.6 Å². The molecule has 0 amide bonds. The number of rotatable bonds is 7. The quantitative estimate of drug-likeness (QED) is 0.328. The normalized spacial score (nSPS) is 11.1. The van der Waals surface area contributed by atoms with Crippen molar-refractivity contribution in [1.82, 2.24) is 0 Å². The molecule has 0 bridgehead atoms. The Morgan fingerprint density at radius 1 is 1.19 bits per heavy atom. The maximum atomic E-state index is 11.8. The van der Waals surface area contributed by atoms with E-state index in [1.54, 1.807) is 0 Å². The van der Waals surface area contributed by atoms with Crippen LogP contribution < -0.4 is 0 Å². The van der Waals surface area contributed by atoms with E-state index in [1.165, 1.54) is 0 Å². The number of carbonyl (C=O) groups is 2. The Morgan fingerprint density at radius 3 is 2.24 bits per heavy atom. The van der Waals surface area contributed by atoms with Crippen molar-refractivity contribution in [3.05, 3.63) is 39.4 Å². The zero-order valence-electron chi connectivity index (χ0n) is 10.6. The molecule has 1 aromatic rings. The molecule has 9 nitrogen and oxygen atoms in total. The zero-order chi connectivity index (χ0) is 16.2. The number of nitro benzene ring substituents is 1. The zero-order valence-corrected chi connectivity index (χ0v) is 11.4. The van der Waals surface area contributed by atoms with E-state index in [9.17, 15) is 28.1 Å². The average Bonchev–Trinajstić information content (AvgIpc) is 2.36. The number of benzene rings is 1. The van der Waals surface area contributed by atoms with E-state index in [4.69, 9.17) is 9.66 Å². The van der Waals surface area contributed by atoms with Crippen LogP contribution in [0.15, 0.2) is 18.2 Å². The highest BCUT2D eigenvalue weighted by molar-refractivity contribution is 7.85. The summed E-state index contributed by atoms with van der Waals surface area (Å²) in [4.78, 5) is 32.5. The maximum Gasteiger partial charge on any atom is 0.335 e. The van der Waals surface area contributed by atoms with Crippen molar-refractivity contribution in [2.24, 2.45) is 0 Å². The number of hydrogen-bond donors (Lipinski definition) is 2. The van der Waals surface area contributed by atoms with Crippen LogP contribution in [0.2, 0.25) is 0 Å². The van der Waals surface area contributed by atoms with Crippen LogP contribution in [0.4, 0.5) is 5.69 Å². The average molecular weight is 317 g/mol. The van der Waals surface area contributed by atoms with Crippen LogP contribution in [0.3, 0.4) is 0 Å². The molecule has 0 radical (unpaired) electrons. The van der Waals surface area contributed by atoms with E-state index in [-0.39, 0.29) is 18.4 Å². The molecule has 0 saturated heterocycles. The molecule has 0 fully saturated rings. The first-order valence-corrected chi connectivity index (χ1v) is 7.22. The van der Waals surface area contributed by atoms with Gasteiger partial charge in [0.25, 0.3) is 15.8 Å². The van der Waals surface area contributed by atoms with Gasteiger partial charge >= 0.3 is 5.97 Å². The SMILES string of the molecule is O=C(O)c1cc(C(=O)CCCS(=O)(=O)O)cc([N+](=O)[O-])c1. The third-order valence-electron chi connectivity index (χ3n) is 2.50. The first-order valence-electron chi connectivity index (χ1n) is 5.61. The molecule has 0 aliphatic heterocycles. The summed E-state index contributed by atoms with van der Waals surface area (Å²) in [5, 5.41) is 19.5. The summed E-state index contributed by atoms with van der Waals surface area (Å²) in [6.45, 7) is 0. The number of nitrogens with zero attached hydrogens (tertiary/aromatic N) is 1. The van der Waals surface area contributed by atoms with Gasteiger partial charge in [-0.3, -0.25) is 19.5 Å². The second kappa shape index (κ2) is 6.41. The molecule has 0 spiro atoms. The number of nitro groups is 1. The van der Waals surface area contributed by atoms with E-state index in [1.807, 2.05) is 0 Å². The Labute approximate surface area is 119 Å². The number of Topliss-reactive ketones (excluding diaryl/α,β-unsaturated/α-hetero) is 1. The second-order valence-electron chi connectivity index (χ2n) is 4.14. The predicted octanol–water partition coefficient (Wildman–Crippen LogP) is 1.14. The third-order valence-corrected chi connectivity index (χ3v) is 3.31. The van der Waals surface area contributed by atoms with Crippen LogP contribution in [0.25, 0.3) is 0 Å². The van der Waals surface area contributed by atoms with Gasteiger partial charge in [-0.1, -0.05) is 0 Å². The number of carboxylic acid groups (broad SMARTS) is 1. The van der Waals surface area contributed by atoms with Gasteiger partial charge in [-0.05, 0) is 12.5 Å². The highest BCUT2D eigenvalue weighted by Gasteiger charge is 2.18. The van der Waals surface area contributed by atoms with Crippen molar-refractivity contribution in [1.29, 1.82) is 0 Å². The van der Waals surface area contributed by atoms with E-state index in [0.717, 1.165) is 18.2 Å². The Morgan fingerprint density at radius 2 is 1.76 bits per heavy atom. The van der Waals surface area contributed by atoms with Gasteiger partial charge in [-0.25, -0.2) is 4.79 Å². The highest BCUT2D eigenvalue weighted by atomic mass is 32.2. The van der Waals surface area contributed by atoms with Gasteiger partial charge in [-0.15, -0.1) is 0 Å². The van der Waals surface area contributed by atoms with E-state index in [0.29, 0.717) is 0 Å². The predicted molar refractivity (Wildman–Crippen MR) is 70.0 cm³/mol. The molecule has 114 valence electrons. The lowest BCUT2D eigenvalue weighted by Gasteiger charge is -2.03. The van der Waals surface area contributed by atoms with Crippen molar-refractivity contribution in [3.63, 3.8) is 0 Å². The fraction of sp³-hybridized carbons (Fsp3) is 0.273. The molecule has 0 saturated carbocycles. The number of carbonyl (C=O) groups excluding carboxylic acids is 1. The molecule has 10 heteroatoms. The molecule has 0 heterocycles. The summed E-state index contributed by atoms with van der Waals surface area (Å²) in [6.07, 6.45) is -0.469. The van der Waals surface area contributed by atoms with Gasteiger partial charge in [0.1, 0.15) is 0 Å². The van der Waals surface area contributed by atoms with Gasteiger partial charge in [-0.2, -0.15) is 8.42 Å². The topological polar surface area (TPSA) is 152 Å². The van der Waals surface area contributed by atoms with Crippen molar-refractivity contribution in [3.8, 4) is 0 Å². The summed E-state index contributed by atoms with van der Waals surface area (Å²) in [7, 11) is -4.20. The Kier molecular flexibility index (Phi) is 5.11. The molecule has 0 aromatic heterocycles. The number of hydrogen-bond acceptors (Lipinski definition) is 6. The molecule has 1 rings (SSSR count). The minimum atomic E-state index is -4.20. The van der Waals surface area contributed by atoms with Crippen LogP contribution in [0, 0.1) is 10.1 Å². The van der Waals surface area contributed by atoms with Gasteiger partial charge < -0.3 is 5.11 Å². The number of carboxylic acids is 1. The Hall–Kier alpha value is -2.33. The van der Waals surface area contributed by atoms with Crippen LogP contribution in [-0.2, 0) is 10.1 Å². The molecule has 2 N–H and O–H groups in total. The monoisotopic (exact) mass is 317 g/mol. The summed E-state index contributed by atoms with van der Waals surface area (Å²) in [6, 6.07) is 2.71. The first-order chi connectivity index (χ1) is 9.60. The third kappa shape index (κ3) is 5.28. The lowest BCUT2D eigenvalue weighted by Crippen LogP contribution is -2.08. The largest absolute Gasteiger partial charge is 0.478 e. The van der Waals surface area contributed by atoms with Crippen molar-refractivity contribution in [2.45, 2.75) is 12.8 Å². The summed E-state index contributed by atoms with van der Waals surface area (Å²) in [5.41, 5.74) is -1.16. The molecule has 0 unspecified atom stereocenters. The van der Waals surface area contributed by atoms with Crippen LogP contribution in [0.5, 0.6) is 0 Å². The fourth-order valence-electron chi connectivity index (χ4n) is 1.56. The van der Waals surface area contributed by atoms with Crippen molar-refractivity contribution >= 4 is 27.6 Å². The lowest BCUT2D eigenvalue weighted by molar-refractivity contribution is -0.384. The summed E-state index contributed by atoms with van der Waals surface area (Å²) < 4.78 is 29.6. The van der Waals surface area contributed by atoms with E-state index >= 15 is 0 Å². The number of non-ortho nitro benzene ring substituents is 1. The minimum Gasteiger partial charge on any atom is -0.478 e. The molecular formula is C11H11NO8S. The first kappa shape index (κ1) is 16.7. The second-order valence-corrected chi connectivity index (χ2v) is 5.72. The fourth-order valence-corrected chi connectivity index (χ4v) is 2.07. The van der Waals surface area contributed by atoms with E-state index in [2.05, 4.69) is 0 Å². The molecule has 0 aliphatic rings. The smallest absolute Gasteiger partial charge is 0.335 e. The van der Waals surface area contributed by atoms with Crippen LogP contribution in [-0.4, -0.2) is 40.5 Å². The van der Waals surface area contributed by atoms with Gasteiger partial charge in [0.15, 0.2) is 5.78 Å². The van der Waals surface area contributed by atoms with E-state index < -0.39 is 43.8 Å². The Balaban J connectivity index is 2.98. The van der Waals surface area contributed by atoms with Gasteiger partial charge in [0.2, 0.25) is 0 Å².